The van der Waals surface area contributed by atoms with Gasteiger partial charge in [0, 0.05) is 41.1 Å². The smallest absolute Gasteiger partial charge is 0.336 e. The molecule has 5 aromatic rings. The number of nitrogens with zero attached hydrogens (tertiary/aromatic N) is 1. The lowest BCUT2D eigenvalue weighted by Crippen LogP contribution is -2.38. The van der Waals surface area contributed by atoms with Crippen molar-refractivity contribution in [3.05, 3.63) is 155 Å². The van der Waals surface area contributed by atoms with E-state index < -0.39 is 12.3 Å². The van der Waals surface area contributed by atoms with Gasteiger partial charge in [-0.2, -0.15) is 0 Å². The molecule has 9 heteroatoms. The van der Waals surface area contributed by atoms with Gasteiger partial charge >= 0.3 is 5.97 Å². The predicted octanol–water partition coefficient (Wildman–Crippen LogP) is 7.45. The predicted molar refractivity (Wildman–Crippen MR) is 184 cm³/mol. The molecule has 8 nitrogen and oxygen atoms in total. The Morgan fingerprint density at radius 3 is 2.33 bits per heavy atom. The molecule has 48 heavy (non-hydrogen) atoms. The number of aliphatic hydroxyl groups is 1. The van der Waals surface area contributed by atoms with Crippen LogP contribution in [0.15, 0.2) is 126 Å². The van der Waals surface area contributed by atoms with Crippen LogP contribution in [0.4, 0.5) is 0 Å². The number of carbonyl (C=O) groups excluding carboxylic acids is 1. The van der Waals surface area contributed by atoms with E-state index in [2.05, 4.69) is 23.3 Å². The van der Waals surface area contributed by atoms with Crippen molar-refractivity contribution in [2.45, 2.75) is 43.5 Å². The Hall–Kier alpha value is -4.80. The molecular formula is C39H36N2O6S. The number of pyridine rings is 1. The zero-order valence-corrected chi connectivity index (χ0v) is 27.2. The molecule has 1 aliphatic rings. The SMILES string of the molecule is CC1C(CSc2ccccc2C(=O)O)OC(c2ccc(-c3cccc(CNC(=O)c4cccnc4)c3)cc2)OC1c1ccc(CO)cc1. The standard InChI is InChI=1S/C39H36N2O6S/c1-25-34(24-48-35-10-3-2-9-33(35)38(44)45)46-39(47-36(25)29-13-11-26(23-42)12-14-29)30-17-15-28(16-18-30)31-7-4-6-27(20-31)21-41-37(43)32-8-5-19-40-22-32/h2-20,22,25,34,36,39,42H,21,23-24H2,1H3,(H,41,43)(H,44,45). The van der Waals surface area contributed by atoms with Gasteiger partial charge in [0.2, 0.25) is 0 Å². The molecule has 1 aromatic heterocycles. The lowest BCUT2D eigenvalue weighted by Gasteiger charge is -2.41. The number of hydrogen-bond donors (Lipinski definition) is 3. The third kappa shape index (κ3) is 7.83. The minimum Gasteiger partial charge on any atom is -0.478 e. The first-order chi connectivity index (χ1) is 23.4. The first-order valence-electron chi connectivity index (χ1n) is 15.7. The van der Waals surface area contributed by atoms with Crippen molar-refractivity contribution in [1.82, 2.24) is 10.3 Å². The monoisotopic (exact) mass is 660 g/mol. The Kier molecular flexibility index (Phi) is 10.6. The molecule has 3 N–H and O–H groups in total. The van der Waals surface area contributed by atoms with E-state index in [1.165, 1.54) is 11.8 Å². The molecule has 0 spiro atoms. The Balaban J connectivity index is 1.19. The van der Waals surface area contributed by atoms with Crippen molar-refractivity contribution < 1.29 is 29.3 Å². The maximum atomic E-state index is 12.5. The van der Waals surface area contributed by atoms with Crippen LogP contribution in [0.1, 0.15) is 62.3 Å². The molecule has 6 rings (SSSR count). The summed E-state index contributed by atoms with van der Waals surface area (Å²) in [5.74, 6) is -0.631. The first-order valence-corrected chi connectivity index (χ1v) is 16.7. The van der Waals surface area contributed by atoms with Crippen molar-refractivity contribution in [1.29, 1.82) is 0 Å². The fourth-order valence-electron chi connectivity index (χ4n) is 5.73. The maximum absolute atomic E-state index is 12.5. The van der Waals surface area contributed by atoms with Gasteiger partial charge in [0.1, 0.15) is 0 Å². The van der Waals surface area contributed by atoms with Crippen molar-refractivity contribution in [2.75, 3.05) is 5.75 Å². The Morgan fingerprint density at radius 1 is 0.833 bits per heavy atom. The number of carboxylic acid groups (broad SMARTS) is 1. The van der Waals surface area contributed by atoms with Crippen molar-refractivity contribution in [3.8, 4) is 11.1 Å². The molecule has 4 aromatic carbocycles. The fraction of sp³-hybridized carbons (Fsp3) is 0.205. The summed E-state index contributed by atoms with van der Waals surface area (Å²) in [6.07, 6.45) is 2.01. The van der Waals surface area contributed by atoms with E-state index in [0.29, 0.717) is 22.8 Å². The number of nitrogens with one attached hydrogen (secondary N) is 1. The van der Waals surface area contributed by atoms with Crippen molar-refractivity contribution in [3.63, 3.8) is 0 Å². The lowest BCUT2D eigenvalue weighted by molar-refractivity contribution is -0.268. The Bertz CT molecular complexity index is 1850. The number of hydrogen-bond acceptors (Lipinski definition) is 7. The van der Waals surface area contributed by atoms with Gasteiger partial charge in [-0.3, -0.25) is 9.78 Å². The molecule has 0 aliphatic carbocycles. The molecule has 0 radical (unpaired) electrons. The molecule has 244 valence electrons. The summed E-state index contributed by atoms with van der Waals surface area (Å²) in [5.41, 5.74) is 6.46. The van der Waals surface area contributed by atoms with Crippen LogP contribution in [-0.4, -0.2) is 38.9 Å². The van der Waals surface area contributed by atoms with Gasteiger partial charge in [0.25, 0.3) is 5.91 Å². The first kappa shape index (κ1) is 33.1. The number of aromatic carboxylic acids is 1. The highest BCUT2D eigenvalue weighted by Gasteiger charge is 2.38. The number of carboxylic acids is 1. The summed E-state index contributed by atoms with van der Waals surface area (Å²) < 4.78 is 13.2. The van der Waals surface area contributed by atoms with Gasteiger partial charge in [0.15, 0.2) is 6.29 Å². The van der Waals surface area contributed by atoms with Crippen LogP contribution < -0.4 is 5.32 Å². The highest BCUT2D eigenvalue weighted by molar-refractivity contribution is 7.99. The van der Waals surface area contributed by atoms with Crippen molar-refractivity contribution in [2.24, 2.45) is 5.92 Å². The van der Waals surface area contributed by atoms with Crippen LogP contribution in [0.25, 0.3) is 11.1 Å². The van der Waals surface area contributed by atoms with Crippen LogP contribution in [0.5, 0.6) is 0 Å². The number of rotatable bonds is 11. The van der Waals surface area contributed by atoms with Crippen molar-refractivity contribution >= 4 is 23.6 Å². The third-order valence-electron chi connectivity index (χ3n) is 8.46. The number of amides is 1. The fourth-order valence-corrected chi connectivity index (χ4v) is 6.94. The van der Waals surface area contributed by atoms with Gasteiger partial charge in [-0.15, -0.1) is 11.8 Å². The van der Waals surface area contributed by atoms with E-state index in [1.54, 1.807) is 36.7 Å². The summed E-state index contributed by atoms with van der Waals surface area (Å²) in [4.78, 5) is 29.0. The number of carbonyl (C=O) groups is 2. The zero-order valence-electron chi connectivity index (χ0n) is 26.4. The number of ether oxygens (including phenoxy) is 2. The maximum Gasteiger partial charge on any atom is 0.336 e. The van der Waals surface area contributed by atoms with Crippen LogP contribution >= 0.6 is 11.8 Å². The van der Waals surface area contributed by atoms with E-state index in [-0.39, 0.29) is 36.2 Å². The quantitative estimate of drug-likeness (QED) is 0.125. The topological polar surface area (TPSA) is 118 Å². The molecular weight excluding hydrogens is 625 g/mol. The Labute approximate surface area is 283 Å². The molecule has 4 unspecified atom stereocenters. The largest absolute Gasteiger partial charge is 0.478 e. The van der Waals surface area contributed by atoms with Gasteiger partial charge < -0.3 is 25.0 Å². The van der Waals surface area contributed by atoms with Gasteiger partial charge in [-0.1, -0.05) is 85.8 Å². The van der Waals surface area contributed by atoms with Gasteiger partial charge in [0.05, 0.1) is 29.9 Å². The normalized spacial score (nSPS) is 19.0. The molecule has 1 amide bonds. The molecule has 1 fully saturated rings. The number of aliphatic hydroxyl groups excluding tert-OH is 1. The van der Waals surface area contributed by atoms with E-state index in [1.807, 2.05) is 78.9 Å². The summed E-state index contributed by atoms with van der Waals surface area (Å²) in [6, 6.07) is 34.3. The molecule has 1 aliphatic heterocycles. The molecule has 0 saturated carbocycles. The summed E-state index contributed by atoms with van der Waals surface area (Å²) in [6.45, 7) is 2.44. The van der Waals surface area contributed by atoms with E-state index in [0.717, 1.165) is 33.4 Å². The van der Waals surface area contributed by atoms with Crippen LogP contribution in [0.3, 0.4) is 0 Å². The number of benzene rings is 4. The minimum atomic E-state index is -0.959. The van der Waals surface area contributed by atoms with Gasteiger partial charge in [-0.25, -0.2) is 4.79 Å². The lowest BCUT2D eigenvalue weighted by atomic mass is 9.91. The zero-order chi connectivity index (χ0) is 33.5. The third-order valence-corrected chi connectivity index (χ3v) is 9.63. The number of aromatic nitrogens is 1. The molecule has 1 saturated heterocycles. The highest BCUT2D eigenvalue weighted by atomic mass is 32.2. The molecule has 2 heterocycles. The molecule has 4 atom stereocenters. The molecule has 0 bridgehead atoms. The van der Waals surface area contributed by atoms with E-state index in [9.17, 15) is 19.8 Å². The highest BCUT2D eigenvalue weighted by Crippen LogP contribution is 2.43. The second-order valence-electron chi connectivity index (χ2n) is 11.7. The van der Waals surface area contributed by atoms with Crippen LogP contribution in [0.2, 0.25) is 0 Å². The minimum absolute atomic E-state index is 0.0358. The Morgan fingerprint density at radius 2 is 1.60 bits per heavy atom. The van der Waals surface area contributed by atoms with Gasteiger partial charge in [-0.05, 0) is 58.1 Å². The van der Waals surface area contributed by atoms with E-state index in [4.69, 9.17) is 9.47 Å². The summed E-state index contributed by atoms with van der Waals surface area (Å²) in [5, 5.41) is 22.2. The second-order valence-corrected chi connectivity index (χ2v) is 12.7. The number of thioether (sulfide) groups is 1. The average Bonchev–Trinajstić information content (AvgIpc) is 3.14. The average molecular weight is 661 g/mol. The van der Waals surface area contributed by atoms with E-state index >= 15 is 0 Å². The summed E-state index contributed by atoms with van der Waals surface area (Å²) >= 11 is 1.47. The summed E-state index contributed by atoms with van der Waals surface area (Å²) in [7, 11) is 0. The van der Waals surface area contributed by atoms with Crippen LogP contribution in [0, 0.1) is 5.92 Å². The van der Waals surface area contributed by atoms with Crippen LogP contribution in [-0.2, 0) is 22.6 Å². The second kappa shape index (κ2) is 15.4.